The van der Waals surface area contributed by atoms with Gasteiger partial charge in [0.05, 0.1) is 9.50 Å². The van der Waals surface area contributed by atoms with Gasteiger partial charge in [0.2, 0.25) is 0 Å². The summed E-state index contributed by atoms with van der Waals surface area (Å²) < 4.78 is 47.0. The number of amides is 3. The van der Waals surface area contributed by atoms with Gasteiger partial charge in [-0.05, 0) is 77.3 Å². The summed E-state index contributed by atoms with van der Waals surface area (Å²) in [6.07, 6.45) is 0. The van der Waals surface area contributed by atoms with Crippen LogP contribution in [0.3, 0.4) is 0 Å². The Morgan fingerprint density at radius 3 is 2.31 bits per heavy atom. The molecule has 3 rings (SSSR count). The summed E-state index contributed by atoms with van der Waals surface area (Å²) in [4.78, 5) is 24.3. The summed E-state index contributed by atoms with van der Waals surface area (Å²) in [5.41, 5.74) is 0.309. The molecule has 0 atom stereocenters. The van der Waals surface area contributed by atoms with E-state index in [4.69, 9.17) is 16.3 Å². The van der Waals surface area contributed by atoms with Crippen LogP contribution in [0.1, 0.15) is 21.5 Å². The maximum absolute atomic E-state index is 13.7. The first-order valence-electron chi connectivity index (χ1n) is 9.07. The molecule has 0 unspecified atom stereocenters. The molecule has 0 aliphatic rings. The van der Waals surface area contributed by atoms with Crippen LogP contribution in [0.4, 0.5) is 23.7 Å². The molecule has 3 aromatic rings. The highest BCUT2D eigenvalue weighted by molar-refractivity contribution is 9.10. The number of urea groups is 1. The van der Waals surface area contributed by atoms with Crippen molar-refractivity contribution in [2.24, 2.45) is 0 Å². The lowest BCUT2D eigenvalue weighted by atomic mass is 10.1. The number of nitrogens with one attached hydrogen (secondary N) is 2. The largest absolute Gasteiger partial charge is 0.454 e. The number of carbonyl (C=O) groups excluding carboxylic acids is 2. The molecule has 32 heavy (non-hydrogen) atoms. The molecule has 0 aromatic heterocycles. The highest BCUT2D eigenvalue weighted by atomic mass is 79.9. The van der Waals surface area contributed by atoms with Gasteiger partial charge in [-0.25, -0.2) is 18.0 Å². The number of anilines is 1. The molecule has 0 fully saturated rings. The van der Waals surface area contributed by atoms with Crippen molar-refractivity contribution in [1.82, 2.24) is 5.32 Å². The number of hydrogen-bond acceptors (Lipinski definition) is 3. The van der Waals surface area contributed by atoms with Crippen LogP contribution in [0.2, 0.25) is 5.02 Å². The summed E-state index contributed by atoms with van der Waals surface area (Å²) in [5, 5.41) is 4.47. The van der Waals surface area contributed by atoms with Gasteiger partial charge in [0, 0.05) is 5.69 Å². The third-order valence-corrected chi connectivity index (χ3v) is 5.50. The van der Waals surface area contributed by atoms with Crippen molar-refractivity contribution >= 4 is 45.2 Å². The van der Waals surface area contributed by atoms with Crippen molar-refractivity contribution in [2.45, 2.75) is 13.8 Å². The van der Waals surface area contributed by atoms with Gasteiger partial charge in [0.15, 0.2) is 0 Å². The molecule has 0 aliphatic carbocycles. The topological polar surface area (TPSA) is 67.4 Å². The summed E-state index contributed by atoms with van der Waals surface area (Å²) >= 11 is 9.62. The van der Waals surface area contributed by atoms with E-state index in [2.05, 4.69) is 21.2 Å². The van der Waals surface area contributed by atoms with Crippen LogP contribution >= 0.6 is 27.5 Å². The molecule has 5 nitrogen and oxygen atoms in total. The fourth-order valence-electron chi connectivity index (χ4n) is 2.81. The maximum atomic E-state index is 13.7. The first-order chi connectivity index (χ1) is 15.1. The number of carbonyl (C=O) groups is 2. The van der Waals surface area contributed by atoms with E-state index in [0.29, 0.717) is 21.3 Å². The van der Waals surface area contributed by atoms with Crippen LogP contribution in [0.5, 0.6) is 11.5 Å². The Labute approximate surface area is 194 Å². The smallest absolute Gasteiger partial charge is 0.326 e. The van der Waals surface area contributed by atoms with Crippen LogP contribution in [-0.4, -0.2) is 11.9 Å². The maximum Gasteiger partial charge on any atom is 0.326 e. The molecule has 3 aromatic carbocycles. The fraction of sp³-hybridized carbons (Fsp3) is 0.0909. The molecule has 0 heterocycles. The SMILES string of the molecule is Cc1cc(NC(=O)NC(=O)c2c(F)cccc2F)c(C)c(Cl)c1Oc1ccc(F)cc1Br. The average Bonchev–Trinajstić information content (AvgIpc) is 2.70. The van der Waals surface area contributed by atoms with E-state index < -0.39 is 35.0 Å². The van der Waals surface area contributed by atoms with Crippen molar-refractivity contribution in [3.63, 3.8) is 0 Å². The van der Waals surface area contributed by atoms with Crippen LogP contribution in [0, 0.1) is 31.3 Å². The van der Waals surface area contributed by atoms with E-state index in [1.807, 2.05) is 5.32 Å². The van der Waals surface area contributed by atoms with Crippen LogP contribution in [-0.2, 0) is 0 Å². The third kappa shape index (κ3) is 5.05. The monoisotopic (exact) mass is 526 g/mol. The van der Waals surface area contributed by atoms with E-state index in [9.17, 15) is 22.8 Å². The van der Waals surface area contributed by atoms with Gasteiger partial charge in [-0.2, -0.15) is 0 Å². The second kappa shape index (κ2) is 9.62. The molecule has 0 radical (unpaired) electrons. The van der Waals surface area contributed by atoms with Gasteiger partial charge in [0.25, 0.3) is 5.91 Å². The Hall–Kier alpha value is -3.04. The lowest BCUT2D eigenvalue weighted by Crippen LogP contribution is -2.35. The lowest BCUT2D eigenvalue weighted by Gasteiger charge is -2.17. The number of halogens is 5. The average molecular weight is 528 g/mol. The molecule has 0 aliphatic heterocycles. The van der Waals surface area contributed by atoms with Gasteiger partial charge < -0.3 is 10.1 Å². The fourth-order valence-corrected chi connectivity index (χ4v) is 3.53. The highest BCUT2D eigenvalue weighted by Crippen LogP contribution is 2.40. The minimum absolute atomic E-state index is 0.169. The minimum Gasteiger partial charge on any atom is -0.454 e. The first kappa shape index (κ1) is 23.6. The Bertz CT molecular complexity index is 1220. The second-order valence-corrected chi connectivity index (χ2v) is 7.92. The van der Waals surface area contributed by atoms with Crippen molar-refractivity contribution in [3.8, 4) is 11.5 Å². The Morgan fingerprint density at radius 2 is 1.69 bits per heavy atom. The first-order valence-corrected chi connectivity index (χ1v) is 10.2. The zero-order valence-electron chi connectivity index (χ0n) is 16.7. The molecule has 3 amide bonds. The number of benzene rings is 3. The van der Waals surface area contributed by atoms with E-state index in [0.717, 1.165) is 18.2 Å². The van der Waals surface area contributed by atoms with Crippen LogP contribution in [0.15, 0.2) is 46.9 Å². The molecule has 166 valence electrons. The summed E-state index contributed by atoms with van der Waals surface area (Å²) in [7, 11) is 0. The van der Waals surface area contributed by atoms with Crippen molar-refractivity contribution < 1.29 is 27.5 Å². The predicted octanol–water partition coefficient (Wildman–Crippen LogP) is 6.89. The molecule has 0 saturated carbocycles. The Balaban J connectivity index is 1.80. The second-order valence-electron chi connectivity index (χ2n) is 6.69. The third-order valence-electron chi connectivity index (χ3n) is 4.42. The van der Waals surface area contributed by atoms with Crippen LogP contribution < -0.4 is 15.4 Å². The number of rotatable bonds is 4. The summed E-state index contributed by atoms with van der Waals surface area (Å²) in [6, 6.07) is 7.34. The summed E-state index contributed by atoms with van der Waals surface area (Å²) in [6.45, 7) is 3.27. The number of imide groups is 1. The van der Waals surface area contributed by atoms with Crippen molar-refractivity contribution in [2.75, 3.05) is 5.32 Å². The van der Waals surface area contributed by atoms with E-state index in [1.54, 1.807) is 19.9 Å². The van der Waals surface area contributed by atoms with Crippen molar-refractivity contribution in [3.05, 3.63) is 86.1 Å². The van der Waals surface area contributed by atoms with E-state index in [-0.39, 0.29) is 16.5 Å². The van der Waals surface area contributed by atoms with E-state index in [1.165, 1.54) is 18.2 Å². The molecule has 0 saturated heterocycles. The van der Waals surface area contributed by atoms with Crippen LogP contribution in [0.25, 0.3) is 0 Å². The zero-order chi connectivity index (χ0) is 23.6. The van der Waals surface area contributed by atoms with Gasteiger partial charge in [-0.1, -0.05) is 17.7 Å². The number of aryl methyl sites for hydroxylation is 1. The molecular weight excluding hydrogens is 513 g/mol. The molecule has 0 spiro atoms. The van der Waals surface area contributed by atoms with Gasteiger partial charge in [0.1, 0.15) is 34.5 Å². The Morgan fingerprint density at radius 1 is 1.03 bits per heavy atom. The quantitative estimate of drug-likeness (QED) is 0.388. The Kier molecular flexibility index (Phi) is 7.10. The lowest BCUT2D eigenvalue weighted by molar-refractivity contribution is 0.0959. The molecule has 10 heteroatoms. The minimum atomic E-state index is -1.24. The number of hydrogen-bond donors (Lipinski definition) is 2. The standard InChI is InChI=1S/C22H15BrClF3N2O3/c1-10-8-16(28-22(31)29-21(30)18-14(26)4-3-5-15(18)27)11(2)19(24)20(10)32-17-7-6-12(25)9-13(17)23/h3-9H,1-2H3,(H2,28,29,30,31). The molecule has 0 bridgehead atoms. The predicted molar refractivity (Wildman–Crippen MR) is 118 cm³/mol. The van der Waals surface area contributed by atoms with Gasteiger partial charge in [-0.3, -0.25) is 10.1 Å². The van der Waals surface area contributed by atoms with Crippen molar-refractivity contribution in [1.29, 1.82) is 0 Å². The van der Waals surface area contributed by atoms with Gasteiger partial charge in [-0.15, -0.1) is 0 Å². The van der Waals surface area contributed by atoms with Gasteiger partial charge >= 0.3 is 6.03 Å². The zero-order valence-corrected chi connectivity index (χ0v) is 19.0. The van der Waals surface area contributed by atoms with E-state index >= 15 is 0 Å². The molecular formula is C22H15BrClF3N2O3. The highest BCUT2D eigenvalue weighted by Gasteiger charge is 2.21. The number of ether oxygens (including phenoxy) is 1. The normalized spacial score (nSPS) is 10.6. The summed E-state index contributed by atoms with van der Waals surface area (Å²) in [5.74, 6) is -3.27. The molecule has 2 N–H and O–H groups in total.